The predicted octanol–water partition coefficient (Wildman–Crippen LogP) is 11.1. The first-order valence-corrected chi connectivity index (χ1v) is 16.8. The molecular weight excluding hydrogens is 591 g/mol. The Labute approximate surface area is 275 Å². The van der Waals surface area contributed by atoms with Crippen LogP contribution < -0.4 is 5.32 Å². The third kappa shape index (κ3) is 4.12. The number of dihydropyridines is 1. The highest BCUT2D eigenvalue weighted by molar-refractivity contribution is 7.26. The molecule has 0 fully saturated rings. The Bertz CT molecular complexity index is 2650. The highest BCUT2D eigenvalue weighted by atomic mass is 32.1. The van der Waals surface area contributed by atoms with Crippen molar-refractivity contribution in [2.45, 2.75) is 6.04 Å². The lowest BCUT2D eigenvalue weighted by molar-refractivity contribution is 0.705. The first-order chi connectivity index (χ1) is 23.3. The summed E-state index contributed by atoms with van der Waals surface area (Å²) in [5.41, 5.74) is 10.7. The molecule has 4 heterocycles. The van der Waals surface area contributed by atoms with Crippen LogP contribution in [0.1, 0.15) is 22.9 Å². The van der Waals surface area contributed by atoms with Gasteiger partial charge in [-0.1, -0.05) is 127 Å². The van der Waals surface area contributed by atoms with Crippen LogP contribution in [0.15, 0.2) is 151 Å². The van der Waals surface area contributed by atoms with Crippen molar-refractivity contribution in [3.05, 3.63) is 168 Å². The van der Waals surface area contributed by atoms with Crippen molar-refractivity contribution < 1.29 is 0 Å². The Morgan fingerprint density at radius 3 is 2.21 bits per heavy atom. The molecule has 3 nitrogen and oxygen atoms in total. The first-order valence-electron chi connectivity index (χ1n) is 16.0. The zero-order valence-corrected chi connectivity index (χ0v) is 26.1. The van der Waals surface area contributed by atoms with E-state index in [2.05, 4.69) is 151 Å². The van der Waals surface area contributed by atoms with E-state index in [1.54, 1.807) is 0 Å². The Morgan fingerprint density at radius 1 is 0.553 bits per heavy atom. The number of allylic oxidation sites excluding steroid dienone is 2. The largest absolute Gasteiger partial charge is 0.372 e. The number of para-hydroxylation sites is 1. The molecule has 220 valence electrons. The molecule has 5 aromatic carbocycles. The van der Waals surface area contributed by atoms with Gasteiger partial charge in [-0.25, -0.2) is 9.97 Å². The van der Waals surface area contributed by atoms with Gasteiger partial charge in [0.25, 0.3) is 0 Å². The second kappa shape index (κ2) is 10.3. The Morgan fingerprint density at radius 2 is 1.34 bits per heavy atom. The van der Waals surface area contributed by atoms with Crippen LogP contribution >= 0.6 is 11.3 Å². The Hall–Kier alpha value is -5.84. The van der Waals surface area contributed by atoms with Crippen molar-refractivity contribution in [3.63, 3.8) is 0 Å². The van der Waals surface area contributed by atoms with Crippen molar-refractivity contribution in [1.82, 2.24) is 15.3 Å². The molecule has 47 heavy (non-hydrogen) atoms. The first kappa shape index (κ1) is 26.4. The van der Waals surface area contributed by atoms with Gasteiger partial charge >= 0.3 is 0 Å². The highest BCUT2D eigenvalue weighted by Gasteiger charge is 2.27. The van der Waals surface area contributed by atoms with Crippen LogP contribution in [0, 0.1) is 0 Å². The van der Waals surface area contributed by atoms with Crippen LogP contribution in [0.2, 0.25) is 0 Å². The number of pyridine rings is 2. The van der Waals surface area contributed by atoms with Crippen molar-refractivity contribution in [1.29, 1.82) is 0 Å². The van der Waals surface area contributed by atoms with Crippen LogP contribution in [0.25, 0.3) is 76.1 Å². The summed E-state index contributed by atoms with van der Waals surface area (Å²) in [7, 11) is 0. The molecule has 1 aliphatic heterocycles. The van der Waals surface area contributed by atoms with Crippen molar-refractivity contribution in [3.8, 4) is 22.5 Å². The maximum absolute atomic E-state index is 5.49. The SMILES string of the molecule is C1=Cc2ccc(-c3ccccc3)nc2C2NC(c3cccc4c3nc(-c3ccccc3)c3ccc5sc6ccccc6c5c34)=CC=C12. The van der Waals surface area contributed by atoms with Crippen LogP contribution in [0.3, 0.4) is 0 Å². The lowest BCUT2D eigenvalue weighted by Crippen LogP contribution is -2.27. The average Bonchev–Trinajstić information content (AvgIpc) is 3.53. The maximum Gasteiger partial charge on any atom is 0.0946 e. The molecule has 0 amide bonds. The van der Waals surface area contributed by atoms with Crippen molar-refractivity contribution >= 4 is 65.0 Å². The van der Waals surface area contributed by atoms with E-state index in [0.29, 0.717) is 0 Å². The molecule has 10 rings (SSSR count). The molecule has 1 atom stereocenters. The van der Waals surface area contributed by atoms with Gasteiger partial charge in [0.15, 0.2) is 0 Å². The molecule has 8 aromatic rings. The number of hydrogen-bond donors (Lipinski definition) is 1. The molecule has 0 saturated heterocycles. The van der Waals surface area contributed by atoms with Gasteiger partial charge in [0.05, 0.1) is 28.6 Å². The lowest BCUT2D eigenvalue weighted by Gasteiger charge is -2.30. The number of rotatable bonds is 3. The van der Waals surface area contributed by atoms with E-state index in [-0.39, 0.29) is 6.04 Å². The number of fused-ring (bicyclic) bond motifs is 10. The number of benzene rings is 5. The highest BCUT2D eigenvalue weighted by Crippen LogP contribution is 2.45. The van der Waals surface area contributed by atoms with E-state index < -0.39 is 0 Å². The topological polar surface area (TPSA) is 37.8 Å². The Balaban J connectivity index is 1.20. The summed E-state index contributed by atoms with van der Waals surface area (Å²) in [4.78, 5) is 10.7. The summed E-state index contributed by atoms with van der Waals surface area (Å²) in [6, 6.07) is 45.2. The fourth-order valence-electron chi connectivity index (χ4n) is 7.29. The third-order valence-corrected chi connectivity index (χ3v) is 10.6. The van der Waals surface area contributed by atoms with Gasteiger partial charge in [0.1, 0.15) is 0 Å². The Kier molecular flexibility index (Phi) is 5.81. The van der Waals surface area contributed by atoms with Gasteiger partial charge in [-0.05, 0) is 35.4 Å². The summed E-state index contributed by atoms with van der Waals surface area (Å²) in [6.45, 7) is 0. The molecule has 2 aliphatic rings. The molecule has 0 bridgehead atoms. The summed E-state index contributed by atoms with van der Waals surface area (Å²) in [5, 5.41) is 10.1. The van der Waals surface area contributed by atoms with Crippen molar-refractivity contribution in [2.24, 2.45) is 0 Å². The smallest absolute Gasteiger partial charge is 0.0946 e. The maximum atomic E-state index is 5.49. The molecule has 1 unspecified atom stereocenters. The fraction of sp³-hybridized carbons (Fsp3) is 0.0233. The zero-order chi connectivity index (χ0) is 30.9. The van der Waals surface area contributed by atoms with Crippen molar-refractivity contribution in [2.75, 3.05) is 0 Å². The third-order valence-electron chi connectivity index (χ3n) is 9.50. The summed E-state index contributed by atoms with van der Waals surface area (Å²) < 4.78 is 2.60. The minimum Gasteiger partial charge on any atom is -0.372 e. The molecule has 1 aliphatic carbocycles. The number of hydrogen-bond acceptors (Lipinski definition) is 4. The van der Waals surface area contributed by atoms with Gasteiger partial charge < -0.3 is 5.32 Å². The standard InChI is InChI=1S/C43H27N3S/c1-3-10-26(11-4-1)34-23-20-28-18-19-29-21-24-35(45-42(29)41(28)44-34)30-15-9-16-32-38-33(40(46-43(30)32)27-12-5-2-6-13-27)22-25-37-39(38)31-14-7-8-17-36(31)47-37/h1-25,42,45H. The molecule has 0 spiro atoms. The molecule has 0 radical (unpaired) electrons. The summed E-state index contributed by atoms with van der Waals surface area (Å²) in [5.74, 6) is 0. The monoisotopic (exact) mass is 617 g/mol. The molecule has 3 aromatic heterocycles. The van der Waals surface area contributed by atoms with Gasteiger partial charge in [0, 0.05) is 58.7 Å². The van der Waals surface area contributed by atoms with E-state index in [1.807, 2.05) is 17.4 Å². The van der Waals surface area contributed by atoms with Gasteiger partial charge in [0.2, 0.25) is 0 Å². The predicted molar refractivity (Wildman–Crippen MR) is 198 cm³/mol. The van der Waals surface area contributed by atoms with E-state index in [0.717, 1.165) is 55.9 Å². The minimum absolute atomic E-state index is 0.0597. The van der Waals surface area contributed by atoms with Crippen LogP contribution in [-0.4, -0.2) is 9.97 Å². The van der Waals surface area contributed by atoms with Crippen LogP contribution in [-0.2, 0) is 0 Å². The summed E-state index contributed by atoms with van der Waals surface area (Å²) >= 11 is 1.86. The number of nitrogens with one attached hydrogen (secondary N) is 1. The van der Waals surface area contributed by atoms with E-state index in [9.17, 15) is 0 Å². The van der Waals surface area contributed by atoms with E-state index in [4.69, 9.17) is 9.97 Å². The van der Waals surface area contributed by atoms with Gasteiger partial charge in [-0.3, -0.25) is 0 Å². The zero-order valence-electron chi connectivity index (χ0n) is 25.3. The van der Waals surface area contributed by atoms with Crippen LogP contribution in [0.4, 0.5) is 0 Å². The van der Waals surface area contributed by atoms with Gasteiger partial charge in [-0.15, -0.1) is 11.3 Å². The second-order valence-electron chi connectivity index (χ2n) is 12.2. The minimum atomic E-state index is -0.0597. The second-order valence-corrected chi connectivity index (χ2v) is 13.3. The number of thiophene rings is 1. The van der Waals surface area contributed by atoms with E-state index >= 15 is 0 Å². The molecule has 1 N–H and O–H groups in total. The number of nitrogens with zero attached hydrogens (tertiary/aromatic N) is 2. The molecule has 0 saturated carbocycles. The average molecular weight is 618 g/mol. The normalized spacial score (nSPS) is 15.4. The molecular formula is C43H27N3S. The molecule has 4 heteroatoms. The van der Waals surface area contributed by atoms with Crippen LogP contribution in [0.5, 0.6) is 0 Å². The number of aromatic nitrogens is 2. The fourth-order valence-corrected chi connectivity index (χ4v) is 8.40. The quantitative estimate of drug-likeness (QED) is 0.200. The summed E-state index contributed by atoms with van der Waals surface area (Å²) in [6.07, 6.45) is 8.81. The lowest BCUT2D eigenvalue weighted by atomic mass is 9.88. The van der Waals surface area contributed by atoms with E-state index in [1.165, 1.54) is 36.5 Å². The van der Waals surface area contributed by atoms with Gasteiger partial charge in [-0.2, -0.15) is 0 Å².